The van der Waals surface area contributed by atoms with Gasteiger partial charge in [-0.1, -0.05) is 24.3 Å². The van der Waals surface area contributed by atoms with E-state index in [0.29, 0.717) is 6.54 Å². The zero-order valence-electron chi connectivity index (χ0n) is 11.8. The van der Waals surface area contributed by atoms with Crippen molar-refractivity contribution in [2.24, 2.45) is 4.99 Å². The maximum atomic E-state index is 12.3. The molecular formula is C16H16N4OS. The van der Waals surface area contributed by atoms with Crippen LogP contribution in [-0.4, -0.2) is 17.2 Å². The largest absolute Gasteiger partial charge is 0.328 e. The summed E-state index contributed by atoms with van der Waals surface area (Å²) in [5, 5.41) is 5.68. The van der Waals surface area contributed by atoms with Crippen LogP contribution in [0.3, 0.4) is 0 Å². The number of amides is 2. The van der Waals surface area contributed by atoms with Crippen molar-refractivity contribution >= 4 is 34.4 Å². The number of carbonyl (C=O) groups excluding carboxylic acids is 1. The van der Waals surface area contributed by atoms with E-state index in [1.807, 2.05) is 41.9 Å². The Balaban J connectivity index is 0.00000156. The lowest BCUT2D eigenvalue weighted by Gasteiger charge is -2.27. The van der Waals surface area contributed by atoms with Gasteiger partial charge in [-0.25, -0.2) is 9.78 Å². The number of aliphatic imine (C=N–C) groups is 1. The van der Waals surface area contributed by atoms with Crippen LogP contribution in [-0.2, 0) is 6.54 Å². The van der Waals surface area contributed by atoms with Gasteiger partial charge in [0.15, 0.2) is 5.13 Å². The van der Waals surface area contributed by atoms with Crippen LogP contribution >= 0.6 is 11.3 Å². The van der Waals surface area contributed by atoms with Crippen LogP contribution < -0.4 is 10.2 Å². The number of thiazole rings is 1. The number of hydrogen-bond acceptors (Lipinski definition) is 4. The first kappa shape index (κ1) is 13.2. The van der Waals surface area contributed by atoms with Crippen molar-refractivity contribution < 1.29 is 6.22 Å². The predicted molar refractivity (Wildman–Crippen MR) is 90.9 cm³/mol. The molecule has 0 saturated carbocycles. The first-order chi connectivity index (χ1) is 10.8. The van der Waals surface area contributed by atoms with Gasteiger partial charge in [0.2, 0.25) is 0 Å². The summed E-state index contributed by atoms with van der Waals surface area (Å²) < 4.78 is 0. The van der Waals surface area contributed by atoms with Gasteiger partial charge in [0.1, 0.15) is 0 Å². The normalized spacial score (nSPS) is 19.9. The SMILES string of the molecule is O=C1Nc2ccccc2CN1c1nc(C2C=CN=CC2)cs1.[HH]. The van der Waals surface area contributed by atoms with Gasteiger partial charge < -0.3 is 5.32 Å². The molecule has 5 nitrogen and oxygen atoms in total. The average Bonchev–Trinajstić information content (AvgIpc) is 3.05. The molecule has 0 spiro atoms. The fourth-order valence-corrected chi connectivity index (χ4v) is 3.50. The number of para-hydroxylation sites is 1. The minimum absolute atomic E-state index is 0. The van der Waals surface area contributed by atoms with Gasteiger partial charge in [-0.05, 0) is 18.1 Å². The Morgan fingerprint density at radius 3 is 3.14 bits per heavy atom. The average molecular weight is 312 g/mol. The first-order valence-corrected chi connectivity index (χ1v) is 7.99. The van der Waals surface area contributed by atoms with E-state index < -0.39 is 0 Å². The highest BCUT2D eigenvalue weighted by Crippen LogP contribution is 2.32. The predicted octanol–water partition coefficient (Wildman–Crippen LogP) is 4.01. The second kappa shape index (κ2) is 5.38. The molecule has 1 aromatic carbocycles. The lowest BCUT2D eigenvalue weighted by atomic mass is 10.0. The van der Waals surface area contributed by atoms with Gasteiger partial charge in [0.05, 0.1) is 12.2 Å². The molecular weight excluding hydrogens is 296 g/mol. The molecule has 0 radical (unpaired) electrons. The number of hydrogen-bond donors (Lipinski definition) is 1. The van der Waals surface area contributed by atoms with Crippen LogP contribution in [0.2, 0.25) is 0 Å². The van der Waals surface area contributed by atoms with Crippen molar-refractivity contribution in [1.29, 1.82) is 0 Å². The molecule has 4 rings (SSSR count). The second-order valence-corrected chi connectivity index (χ2v) is 6.08. The second-order valence-electron chi connectivity index (χ2n) is 5.24. The van der Waals surface area contributed by atoms with Crippen molar-refractivity contribution in [3.63, 3.8) is 0 Å². The van der Waals surface area contributed by atoms with E-state index in [9.17, 15) is 4.79 Å². The van der Waals surface area contributed by atoms with Crippen LogP contribution in [0.1, 0.15) is 25.0 Å². The van der Waals surface area contributed by atoms with E-state index in [1.54, 1.807) is 11.1 Å². The smallest absolute Gasteiger partial charge is 0.307 e. The zero-order chi connectivity index (χ0) is 14.9. The lowest BCUT2D eigenvalue weighted by Crippen LogP contribution is -2.38. The van der Waals surface area contributed by atoms with E-state index in [1.165, 1.54) is 11.3 Å². The standard InChI is InChI=1S/C16H14N4OS.H2/c21-15-18-13-4-2-1-3-12(13)9-20(15)16-19-14(10-22-16)11-5-7-17-8-6-11;/h1-5,7-8,10-11H,6,9H2,(H,18,21);1H. The first-order valence-electron chi connectivity index (χ1n) is 7.11. The van der Waals surface area contributed by atoms with Crippen molar-refractivity contribution in [1.82, 2.24) is 4.98 Å². The fraction of sp³-hybridized carbons (Fsp3) is 0.188. The molecule has 2 aliphatic heterocycles. The highest BCUT2D eigenvalue weighted by atomic mass is 32.1. The highest BCUT2D eigenvalue weighted by Gasteiger charge is 2.26. The molecule has 112 valence electrons. The molecule has 1 N–H and O–H groups in total. The Bertz CT molecular complexity index is 786. The highest BCUT2D eigenvalue weighted by molar-refractivity contribution is 7.14. The zero-order valence-corrected chi connectivity index (χ0v) is 12.6. The molecule has 1 unspecified atom stereocenters. The topological polar surface area (TPSA) is 57.6 Å². The Hall–Kier alpha value is -2.47. The Morgan fingerprint density at radius 1 is 1.36 bits per heavy atom. The molecule has 1 aromatic heterocycles. The molecule has 0 fully saturated rings. The summed E-state index contributed by atoms with van der Waals surface area (Å²) in [4.78, 5) is 22.7. The Kier molecular flexibility index (Phi) is 3.23. The summed E-state index contributed by atoms with van der Waals surface area (Å²) in [5.41, 5.74) is 2.98. The molecule has 3 heterocycles. The molecule has 2 aliphatic rings. The summed E-state index contributed by atoms with van der Waals surface area (Å²) in [6.07, 6.45) is 6.60. The summed E-state index contributed by atoms with van der Waals surface area (Å²) in [7, 11) is 0. The molecule has 22 heavy (non-hydrogen) atoms. The molecule has 0 aliphatic carbocycles. The monoisotopic (exact) mass is 312 g/mol. The molecule has 1 atom stereocenters. The van der Waals surface area contributed by atoms with Crippen LogP contribution in [0.15, 0.2) is 46.9 Å². The van der Waals surface area contributed by atoms with Crippen LogP contribution in [0.25, 0.3) is 0 Å². The number of benzene rings is 1. The third-order valence-corrected chi connectivity index (χ3v) is 4.70. The number of anilines is 2. The van der Waals surface area contributed by atoms with Crippen LogP contribution in [0.5, 0.6) is 0 Å². The summed E-state index contributed by atoms with van der Waals surface area (Å²) in [6, 6.07) is 7.72. The minimum atomic E-state index is -0.125. The summed E-state index contributed by atoms with van der Waals surface area (Å²) in [5.74, 6) is 0.252. The van der Waals surface area contributed by atoms with Crippen LogP contribution in [0.4, 0.5) is 15.6 Å². The van der Waals surface area contributed by atoms with E-state index in [-0.39, 0.29) is 13.4 Å². The quantitative estimate of drug-likeness (QED) is 0.910. The molecule has 2 amide bonds. The third-order valence-electron chi connectivity index (χ3n) is 3.82. The maximum absolute atomic E-state index is 12.3. The Morgan fingerprint density at radius 2 is 2.27 bits per heavy atom. The van der Waals surface area contributed by atoms with Crippen molar-refractivity contribution in [2.75, 3.05) is 10.2 Å². The van der Waals surface area contributed by atoms with Gasteiger partial charge in [0.25, 0.3) is 0 Å². The van der Waals surface area contributed by atoms with E-state index in [2.05, 4.69) is 15.3 Å². The summed E-state index contributed by atoms with van der Waals surface area (Å²) in [6.45, 7) is 0.553. The van der Waals surface area contributed by atoms with Crippen molar-refractivity contribution in [3.05, 3.63) is 53.2 Å². The minimum Gasteiger partial charge on any atom is -0.307 e. The summed E-state index contributed by atoms with van der Waals surface area (Å²) >= 11 is 1.50. The number of nitrogens with one attached hydrogen (secondary N) is 1. The van der Waals surface area contributed by atoms with E-state index in [4.69, 9.17) is 0 Å². The maximum Gasteiger partial charge on any atom is 0.328 e. The number of nitrogens with zero attached hydrogens (tertiary/aromatic N) is 3. The van der Waals surface area contributed by atoms with Crippen LogP contribution in [0, 0.1) is 0 Å². The Labute approximate surface area is 133 Å². The number of fused-ring (bicyclic) bond motifs is 1. The van der Waals surface area contributed by atoms with Gasteiger partial charge in [-0.3, -0.25) is 9.89 Å². The van der Waals surface area contributed by atoms with Gasteiger partial charge >= 0.3 is 6.03 Å². The molecule has 6 heteroatoms. The fourth-order valence-electron chi connectivity index (χ4n) is 2.62. The van der Waals surface area contributed by atoms with E-state index >= 15 is 0 Å². The number of allylic oxidation sites excluding steroid dienone is 1. The van der Waals surface area contributed by atoms with Gasteiger partial charge in [0, 0.05) is 30.8 Å². The number of aromatic nitrogens is 1. The van der Waals surface area contributed by atoms with E-state index in [0.717, 1.165) is 28.5 Å². The number of urea groups is 1. The van der Waals surface area contributed by atoms with Crippen molar-refractivity contribution in [3.8, 4) is 0 Å². The number of carbonyl (C=O) groups is 1. The lowest BCUT2D eigenvalue weighted by molar-refractivity contribution is 0.256. The number of rotatable bonds is 2. The van der Waals surface area contributed by atoms with Crippen molar-refractivity contribution in [2.45, 2.75) is 18.9 Å². The third kappa shape index (κ3) is 2.31. The molecule has 0 bridgehead atoms. The molecule has 0 saturated heterocycles. The molecule has 2 aromatic rings. The van der Waals surface area contributed by atoms with Gasteiger partial charge in [-0.15, -0.1) is 11.3 Å². The van der Waals surface area contributed by atoms with Gasteiger partial charge in [-0.2, -0.15) is 0 Å².